The fourth-order valence-electron chi connectivity index (χ4n) is 1.49. The van der Waals surface area contributed by atoms with Crippen LogP contribution in [0.25, 0.3) is 17.4 Å². The Morgan fingerprint density at radius 3 is 2.53 bits per heavy atom. The van der Waals surface area contributed by atoms with Gasteiger partial charge >= 0.3 is 0 Å². The van der Waals surface area contributed by atoms with Gasteiger partial charge in [0, 0.05) is 21.7 Å². The van der Waals surface area contributed by atoms with E-state index in [0.29, 0.717) is 21.6 Å². The Morgan fingerprint density at radius 1 is 1.21 bits per heavy atom. The van der Waals surface area contributed by atoms with Crippen molar-refractivity contribution in [3.63, 3.8) is 0 Å². The molecule has 2 aromatic rings. The minimum absolute atomic E-state index is 0.467. The fourth-order valence-corrected chi connectivity index (χ4v) is 2.01. The van der Waals surface area contributed by atoms with Crippen LogP contribution < -0.4 is 5.48 Å². The SMILES string of the molecule is O=C(/C=C/c1ccc(-c2cc(Cl)cc(Cl)c2)o1)NO. The fraction of sp³-hybridized carbons (Fsp3) is 0. The molecule has 0 aliphatic rings. The van der Waals surface area contributed by atoms with Crippen LogP contribution in [0.15, 0.2) is 40.8 Å². The highest BCUT2D eigenvalue weighted by Crippen LogP contribution is 2.28. The van der Waals surface area contributed by atoms with Gasteiger partial charge < -0.3 is 4.42 Å². The predicted octanol–water partition coefficient (Wildman–Crippen LogP) is 3.77. The highest BCUT2D eigenvalue weighted by molar-refractivity contribution is 6.35. The van der Waals surface area contributed by atoms with Gasteiger partial charge in [-0.2, -0.15) is 0 Å². The number of amides is 1. The Labute approximate surface area is 119 Å². The number of halogens is 2. The van der Waals surface area contributed by atoms with E-state index < -0.39 is 5.91 Å². The van der Waals surface area contributed by atoms with E-state index in [2.05, 4.69) is 0 Å². The van der Waals surface area contributed by atoms with Crippen molar-refractivity contribution in [1.82, 2.24) is 5.48 Å². The minimum Gasteiger partial charge on any atom is -0.457 e. The lowest BCUT2D eigenvalue weighted by Crippen LogP contribution is -2.14. The van der Waals surface area contributed by atoms with Gasteiger partial charge in [-0.1, -0.05) is 23.2 Å². The third-order valence-electron chi connectivity index (χ3n) is 2.28. The zero-order valence-corrected chi connectivity index (χ0v) is 11.1. The van der Waals surface area contributed by atoms with Crippen molar-refractivity contribution in [3.05, 3.63) is 52.2 Å². The summed E-state index contributed by atoms with van der Waals surface area (Å²) in [7, 11) is 0. The second-order valence-corrected chi connectivity index (χ2v) is 4.54. The molecule has 4 nitrogen and oxygen atoms in total. The lowest BCUT2D eigenvalue weighted by atomic mass is 10.2. The van der Waals surface area contributed by atoms with Crippen LogP contribution in [0.5, 0.6) is 0 Å². The van der Waals surface area contributed by atoms with Crippen molar-refractivity contribution in [2.24, 2.45) is 0 Å². The minimum atomic E-state index is -0.635. The quantitative estimate of drug-likeness (QED) is 0.515. The first-order valence-corrected chi connectivity index (χ1v) is 6.02. The van der Waals surface area contributed by atoms with Crippen LogP contribution in [0.1, 0.15) is 5.76 Å². The maximum atomic E-state index is 10.8. The Bertz CT molecular complexity index is 614. The smallest absolute Gasteiger partial charge is 0.267 e. The molecule has 0 aliphatic heterocycles. The molecule has 6 heteroatoms. The van der Waals surface area contributed by atoms with E-state index in [1.54, 1.807) is 30.3 Å². The topological polar surface area (TPSA) is 62.5 Å². The van der Waals surface area contributed by atoms with E-state index in [9.17, 15) is 4.79 Å². The van der Waals surface area contributed by atoms with E-state index >= 15 is 0 Å². The third-order valence-corrected chi connectivity index (χ3v) is 2.72. The van der Waals surface area contributed by atoms with E-state index in [4.69, 9.17) is 32.8 Å². The van der Waals surface area contributed by atoms with Gasteiger partial charge in [0.2, 0.25) is 0 Å². The molecule has 0 bridgehead atoms. The zero-order chi connectivity index (χ0) is 13.8. The van der Waals surface area contributed by atoms with Crippen LogP contribution in [0.4, 0.5) is 0 Å². The second kappa shape index (κ2) is 5.93. The number of benzene rings is 1. The summed E-state index contributed by atoms with van der Waals surface area (Å²) in [5.41, 5.74) is 2.23. The summed E-state index contributed by atoms with van der Waals surface area (Å²) >= 11 is 11.8. The molecule has 2 N–H and O–H groups in total. The average molecular weight is 298 g/mol. The van der Waals surface area contributed by atoms with Crippen LogP contribution in [0, 0.1) is 0 Å². The molecule has 0 fully saturated rings. The van der Waals surface area contributed by atoms with Gasteiger partial charge in [0.1, 0.15) is 11.5 Å². The first kappa shape index (κ1) is 13.7. The summed E-state index contributed by atoms with van der Waals surface area (Å²) < 4.78 is 5.51. The number of furan rings is 1. The zero-order valence-electron chi connectivity index (χ0n) is 9.56. The van der Waals surface area contributed by atoms with Gasteiger partial charge in [0.05, 0.1) is 0 Å². The normalized spacial score (nSPS) is 10.9. The number of rotatable bonds is 3. The van der Waals surface area contributed by atoms with E-state index in [-0.39, 0.29) is 0 Å². The summed E-state index contributed by atoms with van der Waals surface area (Å²) in [4.78, 5) is 10.8. The van der Waals surface area contributed by atoms with Gasteiger partial charge in [-0.15, -0.1) is 0 Å². The van der Waals surface area contributed by atoms with E-state index in [1.165, 1.54) is 11.6 Å². The molecule has 0 aliphatic carbocycles. The van der Waals surface area contributed by atoms with Crippen molar-refractivity contribution in [2.75, 3.05) is 0 Å². The molecule has 1 amide bonds. The van der Waals surface area contributed by atoms with E-state index in [0.717, 1.165) is 11.6 Å². The highest BCUT2D eigenvalue weighted by atomic mass is 35.5. The van der Waals surface area contributed by atoms with Crippen molar-refractivity contribution in [2.45, 2.75) is 0 Å². The van der Waals surface area contributed by atoms with Gasteiger partial charge in [-0.3, -0.25) is 10.0 Å². The molecular weight excluding hydrogens is 289 g/mol. The maximum Gasteiger partial charge on any atom is 0.267 e. The largest absolute Gasteiger partial charge is 0.457 e. The Hall–Kier alpha value is -1.75. The number of hydroxylamine groups is 1. The molecule has 1 heterocycles. The van der Waals surface area contributed by atoms with Gasteiger partial charge in [-0.05, 0) is 36.4 Å². The first-order valence-electron chi connectivity index (χ1n) is 5.27. The Morgan fingerprint density at radius 2 is 1.89 bits per heavy atom. The molecule has 19 heavy (non-hydrogen) atoms. The highest BCUT2D eigenvalue weighted by Gasteiger charge is 2.06. The second-order valence-electron chi connectivity index (χ2n) is 3.67. The average Bonchev–Trinajstić information content (AvgIpc) is 2.83. The van der Waals surface area contributed by atoms with Crippen molar-refractivity contribution < 1.29 is 14.4 Å². The Kier molecular flexibility index (Phi) is 4.27. The van der Waals surface area contributed by atoms with Crippen LogP contribution >= 0.6 is 23.2 Å². The lowest BCUT2D eigenvalue weighted by molar-refractivity contribution is -0.124. The number of hydrogen-bond donors (Lipinski definition) is 2. The number of carbonyl (C=O) groups excluding carboxylic acids is 1. The first-order chi connectivity index (χ1) is 9.08. The molecule has 1 aromatic carbocycles. The Balaban J connectivity index is 2.25. The van der Waals surface area contributed by atoms with Gasteiger partial charge in [0.15, 0.2) is 0 Å². The standard InChI is InChI=1S/C13H9Cl2NO3/c14-9-5-8(6-10(15)7-9)12-3-1-11(19-12)2-4-13(17)16-18/h1-7,18H,(H,16,17)/b4-2+. The van der Waals surface area contributed by atoms with Crippen LogP contribution in [-0.4, -0.2) is 11.1 Å². The van der Waals surface area contributed by atoms with Crippen molar-refractivity contribution in [1.29, 1.82) is 0 Å². The molecule has 0 saturated carbocycles. The summed E-state index contributed by atoms with van der Waals surface area (Å²) in [5.74, 6) is 0.409. The molecule has 1 aromatic heterocycles. The van der Waals surface area contributed by atoms with Crippen molar-refractivity contribution in [3.8, 4) is 11.3 Å². The summed E-state index contributed by atoms with van der Waals surface area (Å²) in [5, 5.41) is 9.37. The molecule has 2 rings (SSSR count). The molecule has 98 valence electrons. The maximum absolute atomic E-state index is 10.8. The number of carbonyl (C=O) groups is 1. The summed E-state index contributed by atoms with van der Waals surface area (Å²) in [6.07, 6.45) is 2.58. The van der Waals surface area contributed by atoms with Crippen molar-refractivity contribution >= 4 is 35.2 Å². The van der Waals surface area contributed by atoms with Crippen LogP contribution in [0.2, 0.25) is 10.0 Å². The molecule has 0 unspecified atom stereocenters. The predicted molar refractivity (Wildman–Crippen MR) is 73.1 cm³/mol. The summed E-state index contributed by atoms with van der Waals surface area (Å²) in [6, 6.07) is 8.49. The van der Waals surface area contributed by atoms with Crippen LogP contribution in [0.3, 0.4) is 0 Å². The summed E-state index contributed by atoms with van der Waals surface area (Å²) in [6.45, 7) is 0. The number of hydrogen-bond acceptors (Lipinski definition) is 3. The molecular formula is C13H9Cl2NO3. The monoisotopic (exact) mass is 297 g/mol. The lowest BCUT2D eigenvalue weighted by Gasteiger charge is -1.99. The molecule has 0 radical (unpaired) electrons. The van der Waals surface area contributed by atoms with E-state index in [1.807, 2.05) is 0 Å². The van der Waals surface area contributed by atoms with Crippen LogP contribution in [-0.2, 0) is 4.79 Å². The third kappa shape index (κ3) is 3.61. The molecule has 0 spiro atoms. The number of nitrogens with one attached hydrogen (secondary N) is 1. The van der Waals surface area contributed by atoms with Gasteiger partial charge in [0.25, 0.3) is 5.91 Å². The molecule has 0 saturated heterocycles. The molecule has 0 atom stereocenters. The van der Waals surface area contributed by atoms with Gasteiger partial charge in [-0.25, -0.2) is 5.48 Å².